The zero-order chi connectivity index (χ0) is 17.9. The van der Waals surface area contributed by atoms with Crippen LogP contribution >= 0.6 is 0 Å². The number of likely N-dealkylation sites (tertiary alicyclic amines) is 1. The average Bonchev–Trinajstić information content (AvgIpc) is 3.40. The van der Waals surface area contributed by atoms with Crippen LogP contribution in [0.5, 0.6) is 0 Å². The van der Waals surface area contributed by atoms with Crippen molar-refractivity contribution in [3.8, 4) is 5.69 Å². The Balaban J connectivity index is 1.26. The van der Waals surface area contributed by atoms with Crippen molar-refractivity contribution in [1.82, 2.24) is 20.0 Å². The third-order valence-electron chi connectivity index (χ3n) is 5.17. The molecule has 1 saturated carbocycles. The van der Waals surface area contributed by atoms with E-state index in [0.717, 1.165) is 30.5 Å². The lowest BCUT2D eigenvalue weighted by molar-refractivity contribution is -0.138. The van der Waals surface area contributed by atoms with E-state index >= 15 is 0 Å². The Hall–Kier alpha value is -2.63. The molecule has 4 rings (SSSR count). The maximum Gasteiger partial charge on any atom is 0.224 e. The number of amides is 2. The van der Waals surface area contributed by atoms with Crippen LogP contribution in [0.15, 0.2) is 42.7 Å². The van der Waals surface area contributed by atoms with E-state index in [9.17, 15) is 9.59 Å². The maximum atomic E-state index is 12.4. The molecule has 6 nitrogen and oxygen atoms in total. The van der Waals surface area contributed by atoms with E-state index in [4.69, 9.17) is 0 Å². The minimum absolute atomic E-state index is 0.0681. The largest absolute Gasteiger partial charge is 0.355 e. The summed E-state index contributed by atoms with van der Waals surface area (Å²) in [6.45, 7) is 1.18. The molecule has 1 aliphatic carbocycles. The van der Waals surface area contributed by atoms with E-state index < -0.39 is 0 Å². The Labute approximate surface area is 153 Å². The molecule has 1 atom stereocenters. The minimum atomic E-state index is -0.0691. The van der Waals surface area contributed by atoms with Gasteiger partial charge in [-0.2, -0.15) is 5.10 Å². The number of piperidine rings is 1. The summed E-state index contributed by atoms with van der Waals surface area (Å²) in [4.78, 5) is 26.3. The van der Waals surface area contributed by atoms with Crippen molar-refractivity contribution in [1.29, 1.82) is 0 Å². The lowest BCUT2D eigenvalue weighted by atomic mass is 9.96. The van der Waals surface area contributed by atoms with Crippen LogP contribution in [0.4, 0.5) is 0 Å². The van der Waals surface area contributed by atoms with Gasteiger partial charge in [-0.3, -0.25) is 9.59 Å². The molecule has 2 amide bonds. The predicted octanol–water partition coefficient (Wildman–Crippen LogP) is 1.93. The third-order valence-corrected chi connectivity index (χ3v) is 5.17. The summed E-state index contributed by atoms with van der Waals surface area (Å²) >= 11 is 0. The topological polar surface area (TPSA) is 67.2 Å². The highest BCUT2D eigenvalue weighted by molar-refractivity contribution is 5.84. The zero-order valence-corrected chi connectivity index (χ0v) is 14.8. The van der Waals surface area contributed by atoms with Gasteiger partial charge in [0.25, 0.3) is 0 Å². The molecular formula is C20H24N4O2. The number of hydrogen-bond donors (Lipinski definition) is 1. The number of rotatable bonds is 6. The van der Waals surface area contributed by atoms with Crippen molar-refractivity contribution in [3.05, 3.63) is 48.3 Å². The molecule has 0 spiro atoms. The summed E-state index contributed by atoms with van der Waals surface area (Å²) in [7, 11) is 0. The van der Waals surface area contributed by atoms with Crippen molar-refractivity contribution >= 4 is 11.8 Å². The Morgan fingerprint density at radius 2 is 2.00 bits per heavy atom. The van der Waals surface area contributed by atoms with Gasteiger partial charge in [0.15, 0.2) is 0 Å². The summed E-state index contributed by atoms with van der Waals surface area (Å²) in [5, 5.41) is 7.41. The molecule has 0 unspecified atom stereocenters. The van der Waals surface area contributed by atoms with Gasteiger partial charge in [-0.15, -0.1) is 0 Å². The van der Waals surface area contributed by atoms with Gasteiger partial charge in [-0.25, -0.2) is 4.68 Å². The van der Waals surface area contributed by atoms with E-state index in [2.05, 4.69) is 10.4 Å². The van der Waals surface area contributed by atoms with Crippen LogP contribution in [0, 0.1) is 5.92 Å². The summed E-state index contributed by atoms with van der Waals surface area (Å²) in [6.07, 6.45) is 7.93. The normalized spacial score (nSPS) is 20.2. The van der Waals surface area contributed by atoms with Gasteiger partial charge in [0.2, 0.25) is 11.8 Å². The highest BCUT2D eigenvalue weighted by Crippen LogP contribution is 2.31. The lowest BCUT2D eigenvalue weighted by Gasteiger charge is -2.32. The fraction of sp³-hybridized carbons (Fsp3) is 0.450. The molecule has 1 saturated heterocycles. The van der Waals surface area contributed by atoms with Gasteiger partial charge in [-0.05, 0) is 43.4 Å². The molecule has 2 heterocycles. The van der Waals surface area contributed by atoms with Gasteiger partial charge >= 0.3 is 0 Å². The fourth-order valence-corrected chi connectivity index (χ4v) is 3.51. The first-order valence-corrected chi connectivity index (χ1v) is 9.37. The quantitative estimate of drug-likeness (QED) is 0.864. The lowest BCUT2D eigenvalue weighted by Crippen LogP contribution is -2.46. The second-order valence-corrected chi connectivity index (χ2v) is 7.18. The summed E-state index contributed by atoms with van der Waals surface area (Å²) in [5.41, 5.74) is 2.11. The highest BCUT2D eigenvalue weighted by Gasteiger charge is 2.38. The van der Waals surface area contributed by atoms with Crippen LogP contribution < -0.4 is 5.32 Å². The first kappa shape index (κ1) is 16.8. The first-order valence-electron chi connectivity index (χ1n) is 9.37. The summed E-state index contributed by atoms with van der Waals surface area (Å²) < 4.78 is 1.84. The number of carbonyl (C=O) groups is 2. The van der Waals surface area contributed by atoms with E-state index in [1.807, 2.05) is 52.3 Å². The number of hydrogen-bond acceptors (Lipinski definition) is 3. The van der Waals surface area contributed by atoms with Crippen molar-refractivity contribution < 1.29 is 9.59 Å². The molecule has 0 bridgehead atoms. The third kappa shape index (κ3) is 3.79. The Morgan fingerprint density at radius 1 is 1.19 bits per heavy atom. The van der Waals surface area contributed by atoms with E-state index in [0.29, 0.717) is 32.0 Å². The standard InChI is InChI=1S/C20H24N4O2/c25-19-9-6-16(14-23(19)17-7-8-17)20(26)21-11-10-15-12-22-24(13-15)18-4-2-1-3-5-18/h1-5,12-13,16-17H,6-11,14H2,(H,21,26)/t16-/m0/s1. The zero-order valence-electron chi connectivity index (χ0n) is 14.8. The molecule has 0 radical (unpaired) electrons. The SMILES string of the molecule is O=C(NCCc1cnn(-c2ccccc2)c1)[C@H]1CCC(=O)N(C2CC2)C1. The van der Waals surface area contributed by atoms with Crippen molar-refractivity contribution in [2.75, 3.05) is 13.1 Å². The van der Waals surface area contributed by atoms with Gasteiger partial charge in [0.1, 0.15) is 0 Å². The fourth-order valence-electron chi connectivity index (χ4n) is 3.51. The molecule has 1 N–H and O–H groups in total. The Morgan fingerprint density at radius 3 is 2.77 bits per heavy atom. The molecule has 26 heavy (non-hydrogen) atoms. The molecule has 2 aromatic rings. The van der Waals surface area contributed by atoms with Crippen LogP contribution in [0.25, 0.3) is 5.69 Å². The number of nitrogens with one attached hydrogen (secondary N) is 1. The van der Waals surface area contributed by atoms with Gasteiger partial charge < -0.3 is 10.2 Å². The predicted molar refractivity (Wildman–Crippen MR) is 97.7 cm³/mol. The molecule has 2 aliphatic rings. The molecular weight excluding hydrogens is 328 g/mol. The van der Waals surface area contributed by atoms with E-state index in [1.54, 1.807) is 0 Å². The number of para-hydroxylation sites is 1. The molecule has 1 aliphatic heterocycles. The van der Waals surface area contributed by atoms with Crippen molar-refractivity contribution in [2.24, 2.45) is 5.92 Å². The second kappa shape index (κ2) is 7.32. The van der Waals surface area contributed by atoms with Crippen LogP contribution in [0.3, 0.4) is 0 Å². The van der Waals surface area contributed by atoms with Crippen molar-refractivity contribution in [2.45, 2.75) is 38.1 Å². The Bertz CT molecular complexity index is 782. The summed E-state index contributed by atoms with van der Waals surface area (Å²) in [6, 6.07) is 10.4. The van der Waals surface area contributed by atoms with Gasteiger partial charge in [0, 0.05) is 31.7 Å². The average molecular weight is 352 g/mol. The van der Waals surface area contributed by atoms with Gasteiger partial charge in [-0.1, -0.05) is 18.2 Å². The monoisotopic (exact) mass is 352 g/mol. The van der Waals surface area contributed by atoms with E-state index in [1.165, 1.54) is 0 Å². The molecule has 1 aromatic carbocycles. The first-order chi connectivity index (χ1) is 12.7. The maximum absolute atomic E-state index is 12.4. The van der Waals surface area contributed by atoms with Crippen LogP contribution in [-0.4, -0.2) is 45.6 Å². The summed E-state index contributed by atoms with van der Waals surface area (Å²) in [5.74, 6) is 0.212. The number of carbonyl (C=O) groups excluding carboxylic acids is 2. The van der Waals surface area contributed by atoms with Crippen LogP contribution in [0.1, 0.15) is 31.2 Å². The number of benzene rings is 1. The number of aromatic nitrogens is 2. The van der Waals surface area contributed by atoms with E-state index in [-0.39, 0.29) is 17.7 Å². The number of nitrogens with zero attached hydrogens (tertiary/aromatic N) is 3. The van der Waals surface area contributed by atoms with Crippen LogP contribution in [-0.2, 0) is 16.0 Å². The van der Waals surface area contributed by atoms with Crippen LogP contribution in [0.2, 0.25) is 0 Å². The Kier molecular flexibility index (Phi) is 4.73. The molecule has 136 valence electrons. The molecule has 1 aromatic heterocycles. The smallest absolute Gasteiger partial charge is 0.224 e. The van der Waals surface area contributed by atoms with Gasteiger partial charge in [0.05, 0.1) is 17.8 Å². The second-order valence-electron chi connectivity index (χ2n) is 7.18. The minimum Gasteiger partial charge on any atom is -0.355 e. The molecule has 2 fully saturated rings. The highest BCUT2D eigenvalue weighted by atomic mass is 16.2. The molecule has 6 heteroatoms. The van der Waals surface area contributed by atoms with Crippen molar-refractivity contribution in [3.63, 3.8) is 0 Å².